The predicted octanol–water partition coefficient (Wildman–Crippen LogP) is 11.8. The number of esters is 2. The van der Waals surface area contributed by atoms with Gasteiger partial charge in [0.05, 0.1) is 0 Å². The third-order valence-corrected chi connectivity index (χ3v) is 9.07. The molecule has 0 atom stereocenters. The second-order valence-corrected chi connectivity index (χ2v) is 13.7. The predicted molar refractivity (Wildman–Crippen MR) is 214 cm³/mol. The van der Waals surface area contributed by atoms with Gasteiger partial charge in [0.25, 0.3) is 0 Å². The molecule has 0 rings (SSSR count). The zero-order chi connectivity index (χ0) is 35.0. The van der Waals surface area contributed by atoms with Gasteiger partial charge in [-0.1, -0.05) is 141 Å². The molecule has 0 saturated carbocycles. The molecule has 0 spiro atoms. The number of unbranched alkanes of at least 4 members (excludes halogenated alkanes) is 22. The van der Waals surface area contributed by atoms with Crippen LogP contribution >= 0.6 is 12.4 Å². The molecule has 0 aliphatic carbocycles. The van der Waals surface area contributed by atoms with Gasteiger partial charge in [0.2, 0.25) is 0 Å². The number of halogens is 1. The van der Waals surface area contributed by atoms with Gasteiger partial charge in [-0.05, 0) is 64.2 Å². The van der Waals surface area contributed by atoms with Crippen LogP contribution in [0.25, 0.3) is 0 Å². The highest BCUT2D eigenvalue weighted by atomic mass is 35.5. The third-order valence-electron chi connectivity index (χ3n) is 9.07. The lowest BCUT2D eigenvalue weighted by atomic mass is 10.1. The summed E-state index contributed by atoms with van der Waals surface area (Å²) in [4.78, 5) is 26.4. The monoisotopic (exact) mass is 713 g/mol. The summed E-state index contributed by atoms with van der Waals surface area (Å²) < 4.78 is 10.9. The Morgan fingerprint density at radius 2 is 0.776 bits per heavy atom. The number of hydrogen-bond donors (Lipinski definition) is 1. The van der Waals surface area contributed by atoms with Crippen molar-refractivity contribution in [2.45, 2.75) is 194 Å². The standard InChI is InChI=1S/C42H80N2O4.ClH/c1-3-5-7-9-11-13-15-17-19-21-23-25-27-29-31-33-41(45)47-39-37-44(36-35-43)38-40-48-42(46)34-32-30-28-26-24-22-20-18-16-14-12-10-8-6-4-2;/h17-20H,3-16,21-40,43H2,1-2H3;1H/b19-17-,20-18-;. The summed E-state index contributed by atoms with van der Waals surface area (Å²) in [6.45, 7) is 7.68. The average Bonchev–Trinajstić information content (AvgIpc) is 3.08. The molecule has 6 nitrogen and oxygen atoms in total. The van der Waals surface area contributed by atoms with Crippen molar-refractivity contribution in [2.24, 2.45) is 5.73 Å². The molecular weight excluding hydrogens is 632 g/mol. The van der Waals surface area contributed by atoms with Gasteiger partial charge in [0.1, 0.15) is 13.2 Å². The maximum Gasteiger partial charge on any atom is 0.305 e. The van der Waals surface area contributed by atoms with Crippen LogP contribution < -0.4 is 5.73 Å². The lowest BCUT2D eigenvalue weighted by Crippen LogP contribution is -2.35. The molecule has 0 unspecified atom stereocenters. The Morgan fingerprint density at radius 3 is 1.10 bits per heavy atom. The van der Waals surface area contributed by atoms with E-state index in [1.165, 1.54) is 141 Å². The van der Waals surface area contributed by atoms with Crippen molar-refractivity contribution < 1.29 is 19.1 Å². The lowest BCUT2D eigenvalue weighted by Gasteiger charge is -2.21. The Bertz CT molecular complexity index is 688. The van der Waals surface area contributed by atoms with E-state index in [-0.39, 0.29) is 24.3 Å². The second-order valence-electron chi connectivity index (χ2n) is 13.7. The van der Waals surface area contributed by atoms with E-state index in [9.17, 15) is 9.59 Å². The van der Waals surface area contributed by atoms with E-state index in [0.717, 1.165) is 25.7 Å². The van der Waals surface area contributed by atoms with E-state index >= 15 is 0 Å². The van der Waals surface area contributed by atoms with E-state index in [2.05, 4.69) is 43.1 Å². The molecular formula is C42H81ClN2O4. The normalized spacial score (nSPS) is 11.5. The van der Waals surface area contributed by atoms with E-state index < -0.39 is 0 Å². The average molecular weight is 714 g/mol. The first-order valence-corrected chi connectivity index (χ1v) is 20.7. The van der Waals surface area contributed by atoms with Crippen molar-refractivity contribution in [1.82, 2.24) is 4.90 Å². The highest BCUT2D eigenvalue weighted by molar-refractivity contribution is 5.85. The molecule has 0 aromatic rings. The Kier molecular flexibility index (Phi) is 43.4. The molecule has 0 aliphatic heterocycles. The van der Waals surface area contributed by atoms with Crippen molar-refractivity contribution in [3.05, 3.63) is 24.3 Å². The first-order valence-electron chi connectivity index (χ1n) is 20.7. The lowest BCUT2D eigenvalue weighted by molar-refractivity contribution is -0.144. The fraction of sp³-hybridized carbons (Fsp3) is 0.857. The third kappa shape index (κ3) is 40.9. The summed E-state index contributed by atoms with van der Waals surface area (Å²) in [7, 11) is 0. The molecule has 49 heavy (non-hydrogen) atoms. The highest BCUT2D eigenvalue weighted by Gasteiger charge is 2.09. The van der Waals surface area contributed by atoms with Crippen LogP contribution in [0.15, 0.2) is 24.3 Å². The molecule has 0 bridgehead atoms. The first kappa shape index (κ1) is 49.7. The van der Waals surface area contributed by atoms with Gasteiger partial charge in [-0.3, -0.25) is 14.5 Å². The van der Waals surface area contributed by atoms with Crippen molar-refractivity contribution in [2.75, 3.05) is 39.4 Å². The molecule has 0 aromatic heterocycles. The minimum atomic E-state index is -0.119. The van der Waals surface area contributed by atoms with E-state index in [0.29, 0.717) is 52.2 Å². The van der Waals surface area contributed by atoms with Crippen LogP contribution in [0.4, 0.5) is 0 Å². The Labute approximate surface area is 310 Å². The van der Waals surface area contributed by atoms with E-state index in [1.807, 2.05) is 0 Å². The number of nitrogens with zero attached hydrogens (tertiary/aromatic N) is 1. The topological polar surface area (TPSA) is 81.9 Å². The molecule has 0 fully saturated rings. The summed E-state index contributed by atoms with van der Waals surface area (Å²) >= 11 is 0. The summed E-state index contributed by atoms with van der Waals surface area (Å²) in [6, 6.07) is 0. The maximum absolute atomic E-state index is 12.2. The van der Waals surface area contributed by atoms with Gasteiger partial charge in [-0.25, -0.2) is 0 Å². The van der Waals surface area contributed by atoms with Crippen molar-refractivity contribution in [1.29, 1.82) is 0 Å². The first-order chi connectivity index (χ1) is 23.6. The molecule has 0 amide bonds. The summed E-state index contributed by atoms with van der Waals surface area (Å²) in [5.41, 5.74) is 5.77. The maximum atomic E-state index is 12.2. The van der Waals surface area contributed by atoms with Crippen LogP contribution in [0.3, 0.4) is 0 Å². The number of ether oxygens (including phenoxy) is 2. The molecule has 0 radical (unpaired) electrons. The number of carbonyl (C=O) groups is 2. The zero-order valence-corrected chi connectivity index (χ0v) is 33.2. The zero-order valence-electron chi connectivity index (χ0n) is 32.4. The molecule has 2 N–H and O–H groups in total. The number of allylic oxidation sites excluding steroid dienone is 4. The van der Waals surface area contributed by atoms with Gasteiger partial charge in [-0.2, -0.15) is 0 Å². The van der Waals surface area contributed by atoms with Gasteiger partial charge in [0, 0.05) is 39.0 Å². The fourth-order valence-corrected chi connectivity index (χ4v) is 5.92. The van der Waals surface area contributed by atoms with Crippen LogP contribution in [-0.4, -0.2) is 56.2 Å². The van der Waals surface area contributed by atoms with Crippen LogP contribution in [0.2, 0.25) is 0 Å². The summed E-state index contributed by atoms with van der Waals surface area (Å²) in [6.07, 6.45) is 42.8. The van der Waals surface area contributed by atoms with E-state index in [1.54, 1.807) is 0 Å². The number of hydrogen-bond acceptors (Lipinski definition) is 6. The van der Waals surface area contributed by atoms with Gasteiger partial charge in [-0.15, -0.1) is 12.4 Å². The molecule has 290 valence electrons. The minimum Gasteiger partial charge on any atom is -0.464 e. The fourth-order valence-electron chi connectivity index (χ4n) is 5.92. The number of rotatable bonds is 38. The van der Waals surface area contributed by atoms with Gasteiger partial charge < -0.3 is 15.2 Å². The largest absolute Gasteiger partial charge is 0.464 e. The summed E-state index contributed by atoms with van der Waals surface area (Å²) in [5, 5.41) is 0. The Hall–Kier alpha value is -1.37. The minimum absolute atomic E-state index is 0. The van der Waals surface area contributed by atoms with Gasteiger partial charge in [0.15, 0.2) is 0 Å². The van der Waals surface area contributed by atoms with Crippen molar-refractivity contribution in [3.8, 4) is 0 Å². The SMILES string of the molecule is CCCCCCCC/C=C\CCCCCCCC(=O)OCCN(CCN)CCOC(=O)CCCCCCC/C=C\CCCCCCCC.Cl. The van der Waals surface area contributed by atoms with Crippen LogP contribution in [0, 0.1) is 0 Å². The Morgan fingerprint density at radius 1 is 0.469 bits per heavy atom. The van der Waals surface area contributed by atoms with E-state index in [4.69, 9.17) is 15.2 Å². The quantitative estimate of drug-likeness (QED) is 0.0390. The summed E-state index contributed by atoms with van der Waals surface area (Å²) in [5.74, 6) is -0.238. The van der Waals surface area contributed by atoms with Gasteiger partial charge >= 0.3 is 11.9 Å². The number of nitrogens with two attached hydrogens (primary N) is 1. The van der Waals surface area contributed by atoms with Crippen molar-refractivity contribution in [3.63, 3.8) is 0 Å². The molecule has 7 heteroatoms. The highest BCUT2D eigenvalue weighted by Crippen LogP contribution is 2.12. The number of carbonyl (C=O) groups excluding carboxylic acids is 2. The smallest absolute Gasteiger partial charge is 0.305 e. The molecule has 0 aromatic carbocycles. The molecule has 0 heterocycles. The molecule has 0 aliphatic rings. The second kappa shape index (κ2) is 42.8. The Balaban J connectivity index is 0. The van der Waals surface area contributed by atoms with Crippen molar-refractivity contribution >= 4 is 24.3 Å². The van der Waals surface area contributed by atoms with Crippen LogP contribution in [0.1, 0.15) is 194 Å². The van der Waals surface area contributed by atoms with Crippen LogP contribution in [0.5, 0.6) is 0 Å². The molecule has 0 saturated heterocycles. The van der Waals surface area contributed by atoms with Crippen LogP contribution in [-0.2, 0) is 19.1 Å².